The van der Waals surface area contributed by atoms with Crippen LogP contribution in [0.5, 0.6) is 5.75 Å². The second-order valence-electron chi connectivity index (χ2n) is 4.35. The van der Waals surface area contributed by atoms with Gasteiger partial charge < -0.3 is 19.3 Å². The maximum atomic E-state index is 11.9. The van der Waals surface area contributed by atoms with Gasteiger partial charge in [-0.2, -0.15) is 0 Å². The molecule has 0 spiro atoms. The number of rotatable bonds is 5. The molecule has 0 unspecified atom stereocenters. The fraction of sp³-hybridized carbons (Fsp3) is 0.0714. The van der Waals surface area contributed by atoms with E-state index in [-0.39, 0.29) is 34.2 Å². The maximum absolute atomic E-state index is 11.9. The molecule has 0 bridgehead atoms. The molecule has 2 aromatic heterocycles. The number of nitrogens with one attached hydrogen (secondary N) is 1. The molecular weight excluding hydrogens is 342 g/mol. The average molecular weight is 352 g/mol. The summed E-state index contributed by atoms with van der Waals surface area (Å²) in [5.41, 5.74) is 0.241. The van der Waals surface area contributed by atoms with Crippen LogP contribution in [-0.2, 0) is 4.79 Å². The molecule has 23 heavy (non-hydrogen) atoms. The molecule has 0 aliphatic rings. The Morgan fingerprint density at radius 3 is 3.00 bits per heavy atom. The van der Waals surface area contributed by atoms with Gasteiger partial charge in [0.1, 0.15) is 5.75 Å². The third-order valence-electron chi connectivity index (χ3n) is 2.70. The number of phenolic OH excluding ortho intramolecular Hbond substituents is 1. The van der Waals surface area contributed by atoms with Gasteiger partial charge in [0.15, 0.2) is 5.76 Å². The van der Waals surface area contributed by atoms with Crippen LogP contribution < -0.4 is 5.32 Å². The van der Waals surface area contributed by atoms with Crippen LogP contribution in [0.25, 0.3) is 11.7 Å². The van der Waals surface area contributed by atoms with E-state index < -0.39 is 0 Å². The molecule has 2 heterocycles. The quantitative estimate of drug-likeness (QED) is 0.536. The van der Waals surface area contributed by atoms with Gasteiger partial charge in [0, 0.05) is 5.02 Å². The number of benzene rings is 1. The minimum absolute atomic E-state index is 0.0335. The van der Waals surface area contributed by atoms with Crippen molar-refractivity contribution >= 4 is 35.0 Å². The smallest absolute Gasteiger partial charge is 0.284 e. The number of halogens is 1. The van der Waals surface area contributed by atoms with Gasteiger partial charge in [-0.05, 0) is 30.3 Å². The Kier molecular flexibility index (Phi) is 4.54. The lowest BCUT2D eigenvalue weighted by Crippen LogP contribution is -2.14. The van der Waals surface area contributed by atoms with Gasteiger partial charge in [0.25, 0.3) is 11.1 Å². The van der Waals surface area contributed by atoms with Crippen molar-refractivity contribution in [1.82, 2.24) is 10.2 Å². The van der Waals surface area contributed by atoms with Crippen molar-refractivity contribution in [2.45, 2.75) is 5.22 Å². The summed E-state index contributed by atoms with van der Waals surface area (Å²) < 4.78 is 10.5. The second-order valence-corrected chi connectivity index (χ2v) is 5.71. The minimum Gasteiger partial charge on any atom is -0.506 e. The van der Waals surface area contributed by atoms with Crippen LogP contribution in [0, 0.1) is 0 Å². The summed E-state index contributed by atoms with van der Waals surface area (Å²) in [6.07, 6.45) is 1.50. The molecule has 0 aliphatic carbocycles. The number of nitrogens with zero attached hydrogens (tertiary/aromatic N) is 2. The Balaban J connectivity index is 1.58. The number of aromatic nitrogens is 2. The summed E-state index contributed by atoms with van der Waals surface area (Å²) >= 11 is 6.88. The van der Waals surface area contributed by atoms with Gasteiger partial charge >= 0.3 is 0 Å². The molecule has 2 N–H and O–H groups in total. The summed E-state index contributed by atoms with van der Waals surface area (Å²) in [7, 11) is 0. The van der Waals surface area contributed by atoms with Crippen LogP contribution in [0.15, 0.2) is 50.7 Å². The van der Waals surface area contributed by atoms with Crippen molar-refractivity contribution in [1.29, 1.82) is 0 Å². The monoisotopic (exact) mass is 351 g/mol. The highest BCUT2D eigenvalue weighted by Crippen LogP contribution is 2.27. The lowest BCUT2D eigenvalue weighted by atomic mass is 10.3. The van der Waals surface area contributed by atoms with Crippen LogP contribution in [-0.4, -0.2) is 27.0 Å². The van der Waals surface area contributed by atoms with Crippen LogP contribution in [0.2, 0.25) is 5.02 Å². The fourth-order valence-corrected chi connectivity index (χ4v) is 2.43. The first-order valence-electron chi connectivity index (χ1n) is 6.40. The van der Waals surface area contributed by atoms with Crippen LogP contribution in [0.3, 0.4) is 0 Å². The lowest BCUT2D eigenvalue weighted by molar-refractivity contribution is -0.113. The summed E-state index contributed by atoms with van der Waals surface area (Å²) in [5.74, 6) is 0.324. The molecule has 0 aliphatic heterocycles. The van der Waals surface area contributed by atoms with Crippen molar-refractivity contribution in [2.24, 2.45) is 0 Å². The number of phenols is 1. The molecule has 0 atom stereocenters. The number of furan rings is 1. The maximum Gasteiger partial charge on any atom is 0.284 e. The van der Waals surface area contributed by atoms with E-state index in [1.54, 1.807) is 12.1 Å². The number of hydrogen-bond acceptors (Lipinski definition) is 7. The van der Waals surface area contributed by atoms with E-state index in [9.17, 15) is 9.90 Å². The van der Waals surface area contributed by atoms with E-state index in [1.165, 1.54) is 24.5 Å². The Labute approximate surface area is 139 Å². The van der Waals surface area contributed by atoms with Crippen molar-refractivity contribution in [2.75, 3.05) is 11.1 Å². The second kappa shape index (κ2) is 6.76. The Morgan fingerprint density at radius 1 is 1.35 bits per heavy atom. The van der Waals surface area contributed by atoms with E-state index >= 15 is 0 Å². The van der Waals surface area contributed by atoms with E-state index in [1.807, 2.05) is 0 Å². The Morgan fingerprint density at radius 2 is 2.22 bits per heavy atom. The molecule has 0 saturated heterocycles. The van der Waals surface area contributed by atoms with Gasteiger partial charge in [-0.25, -0.2) is 0 Å². The van der Waals surface area contributed by atoms with Gasteiger partial charge in [0.2, 0.25) is 5.91 Å². The topological polar surface area (TPSA) is 101 Å². The highest BCUT2D eigenvalue weighted by atomic mass is 35.5. The minimum atomic E-state index is -0.342. The first-order valence-corrected chi connectivity index (χ1v) is 7.77. The molecule has 0 saturated carbocycles. The molecule has 0 radical (unpaired) electrons. The number of carbonyl (C=O) groups excluding carboxylic acids is 1. The predicted octanol–water partition coefficient (Wildman–Crippen LogP) is 3.42. The van der Waals surface area contributed by atoms with Crippen LogP contribution >= 0.6 is 23.4 Å². The number of carbonyl (C=O) groups is 1. The van der Waals surface area contributed by atoms with Crippen molar-refractivity contribution < 1.29 is 18.7 Å². The summed E-state index contributed by atoms with van der Waals surface area (Å²) in [4.78, 5) is 11.9. The zero-order chi connectivity index (χ0) is 16.2. The highest BCUT2D eigenvalue weighted by Gasteiger charge is 2.13. The van der Waals surface area contributed by atoms with Crippen molar-refractivity contribution in [3.63, 3.8) is 0 Å². The number of anilines is 1. The molecule has 1 aromatic carbocycles. The van der Waals surface area contributed by atoms with Crippen LogP contribution in [0.1, 0.15) is 0 Å². The first kappa shape index (κ1) is 15.4. The molecule has 3 rings (SSSR count). The average Bonchev–Trinajstić information content (AvgIpc) is 3.19. The zero-order valence-corrected chi connectivity index (χ0v) is 13.1. The summed E-state index contributed by atoms with van der Waals surface area (Å²) in [5, 5.41) is 20.5. The zero-order valence-electron chi connectivity index (χ0n) is 11.5. The van der Waals surface area contributed by atoms with Crippen LogP contribution in [0.4, 0.5) is 5.69 Å². The lowest BCUT2D eigenvalue weighted by Gasteiger charge is -2.06. The van der Waals surface area contributed by atoms with Crippen molar-refractivity contribution in [3.05, 3.63) is 41.6 Å². The van der Waals surface area contributed by atoms with Gasteiger partial charge in [-0.1, -0.05) is 23.4 Å². The number of hydrogen-bond donors (Lipinski definition) is 2. The number of amides is 1. The highest BCUT2D eigenvalue weighted by molar-refractivity contribution is 7.99. The number of aromatic hydroxyl groups is 1. The molecule has 7 nitrogen and oxygen atoms in total. The standard InChI is InChI=1S/C14H10ClN3O4S/c15-8-3-4-10(19)9(6-8)16-12(20)7-23-14-18-17-13(22-14)11-2-1-5-21-11/h1-6,19H,7H2,(H,16,20). The van der Waals surface area contributed by atoms with E-state index in [4.69, 9.17) is 20.4 Å². The molecule has 118 valence electrons. The van der Waals surface area contributed by atoms with Gasteiger partial charge in [-0.15, -0.1) is 10.2 Å². The van der Waals surface area contributed by atoms with Gasteiger partial charge in [0.05, 0.1) is 17.7 Å². The number of thioether (sulfide) groups is 1. The SMILES string of the molecule is O=C(CSc1nnc(-c2ccco2)o1)Nc1cc(Cl)ccc1O. The molecule has 0 fully saturated rings. The molecule has 3 aromatic rings. The first-order chi connectivity index (χ1) is 11.1. The molecule has 9 heteroatoms. The third kappa shape index (κ3) is 3.85. The molecular formula is C14H10ClN3O4S. The summed E-state index contributed by atoms with van der Waals surface area (Å²) in [6, 6.07) is 7.78. The van der Waals surface area contributed by atoms with E-state index in [0.717, 1.165) is 11.8 Å². The van der Waals surface area contributed by atoms with Crippen molar-refractivity contribution in [3.8, 4) is 17.4 Å². The normalized spacial score (nSPS) is 10.7. The van der Waals surface area contributed by atoms with E-state index in [0.29, 0.717) is 10.8 Å². The Hall–Kier alpha value is -2.45. The summed E-state index contributed by atoms with van der Waals surface area (Å²) in [6.45, 7) is 0. The largest absolute Gasteiger partial charge is 0.506 e. The Bertz CT molecular complexity index is 819. The van der Waals surface area contributed by atoms with Gasteiger partial charge in [-0.3, -0.25) is 4.79 Å². The molecule has 1 amide bonds. The fourth-order valence-electron chi connectivity index (χ4n) is 1.69. The third-order valence-corrected chi connectivity index (χ3v) is 3.75. The van der Waals surface area contributed by atoms with E-state index in [2.05, 4.69) is 15.5 Å². The predicted molar refractivity (Wildman–Crippen MR) is 84.5 cm³/mol.